The molecule has 11 heteroatoms. The summed E-state index contributed by atoms with van der Waals surface area (Å²) in [4.78, 5) is 4.05. The highest BCUT2D eigenvalue weighted by molar-refractivity contribution is 7.90. The first kappa shape index (κ1) is 29.7. The normalized spacial score (nSPS) is 16.2. The van der Waals surface area contributed by atoms with Crippen molar-refractivity contribution in [1.29, 1.82) is 0 Å². The van der Waals surface area contributed by atoms with E-state index < -0.39 is 59.0 Å². The summed E-state index contributed by atoms with van der Waals surface area (Å²) in [6.07, 6.45) is -3.85. The topological polar surface area (TPSA) is 57.2 Å². The fraction of sp³-hybridized carbons (Fsp3) is 0.542. The highest BCUT2D eigenvalue weighted by Crippen LogP contribution is 2.45. The van der Waals surface area contributed by atoms with Gasteiger partial charge in [0, 0.05) is 17.6 Å². The van der Waals surface area contributed by atoms with Gasteiger partial charge in [0.05, 0.1) is 12.3 Å². The van der Waals surface area contributed by atoms with E-state index in [0.29, 0.717) is 17.7 Å². The quantitative estimate of drug-likeness (QED) is 0.242. The average Bonchev–Trinajstić information content (AvgIpc) is 2.70. The van der Waals surface area contributed by atoms with E-state index in [1.807, 2.05) is 0 Å². The van der Waals surface area contributed by atoms with Crippen molar-refractivity contribution in [2.24, 2.45) is 0 Å². The lowest BCUT2D eigenvalue weighted by molar-refractivity contribution is -0.182. The van der Waals surface area contributed by atoms with E-state index in [0.717, 1.165) is 12.1 Å². The zero-order chi connectivity index (χ0) is 27.0. The molecule has 1 unspecified atom stereocenters. The van der Waals surface area contributed by atoms with E-state index in [-0.39, 0.29) is 11.6 Å². The predicted molar refractivity (Wildman–Crippen MR) is 130 cm³/mol. The Hall–Kier alpha value is -1.53. The van der Waals surface area contributed by atoms with Crippen molar-refractivity contribution >= 4 is 19.7 Å². The molecule has 0 saturated heterocycles. The van der Waals surface area contributed by atoms with E-state index in [9.17, 15) is 26.5 Å². The van der Waals surface area contributed by atoms with Crippen molar-refractivity contribution in [3.8, 4) is 0 Å². The van der Waals surface area contributed by atoms with Crippen LogP contribution in [0.1, 0.15) is 58.4 Å². The molecule has 2 atom stereocenters. The zero-order valence-electron chi connectivity index (χ0n) is 21.2. The molecule has 1 aromatic heterocycles. The number of pyridine rings is 1. The van der Waals surface area contributed by atoms with Crippen molar-refractivity contribution in [2.75, 3.05) is 0 Å². The smallest absolute Gasteiger partial charge is 0.420 e. The fourth-order valence-corrected chi connectivity index (χ4v) is 4.74. The number of nitrogens with one attached hydrogen (secondary N) is 1. The first-order valence-electron chi connectivity index (χ1n) is 11.0. The third-order valence-corrected chi connectivity index (χ3v) is 12.3. The number of aromatic nitrogens is 1. The lowest BCUT2D eigenvalue weighted by atomic mass is 9.86. The van der Waals surface area contributed by atoms with Gasteiger partial charge >= 0.3 is 6.18 Å². The van der Waals surface area contributed by atoms with Crippen LogP contribution in [-0.4, -0.2) is 28.8 Å². The molecular weight excluding hydrogens is 503 g/mol. The number of hydrogen-bond donors (Lipinski definition) is 1. The highest BCUT2D eigenvalue weighted by atomic mass is 32.2. The first-order chi connectivity index (χ1) is 15.7. The molecule has 4 nitrogen and oxygen atoms in total. The summed E-state index contributed by atoms with van der Waals surface area (Å²) in [5, 5.41) is -0.0561. The van der Waals surface area contributed by atoms with E-state index in [2.05, 4.69) is 43.6 Å². The summed E-state index contributed by atoms with van der Waals surface area (Å²) in [6.45, 7) is 15.0. The second-order valence-corrected chi connectivity index (χ2v) is 17.7. The largest absolute Gasteiger partial charge is 0.598 e. The third kappa shape index (κ3) is 6.43. The van der Waals surface area contributed by atoms with Gasteiger partial charge in [-0.3, -0.25) is 4.98 Å². The molecule has 0 spiro atoms. The van der Waals surface area contributed by atoms with Gasteiger partial charge in [-0.2, -0.15) is 13.2 Å². The predicted octanol–water partition coefficient (Wildman–Crippen LogP) is 6.74. The maximum absolute atomic E-state index is 14.8. The van der Waals surface area contributed by atoms with Crippen molar-refractivity contribution in [3.63, 3.8) is 0 Å². The van der Waals surface area contributed by atoms with Crippen LogP contribution in [0.2, 0.25) is 18.1 Å². The Morgan fingerprint density at radius 3 is 2.00 bits per heavy atom. The van der Waals surface area contributed by atoms with Crippen LogP contribution in [0, 0.1) is 11.6 Å². The SMILES string of the molecule is CC(C)(C)[S@@+]([O-])NC(c1ccc(F)c(F)c1)(c1ccc(CO[Si](C)(C)C(C)(C)C)cn1)C(F)(F)F. The molecule has 0 amide bonds. The molecule has 0 aliphatic carbocycles. The van der Waals surface area contributed by atoms with E-state index in [1.54, 1.807) is 0 Å². The van der Waals surface area contributed by atoms with E-state index in [4.69, 9.17) is 4.43 Å². The minimum atomic E-state index is -5.11. The van der Waals surface area contributed by atoms with Crippen LogP contribution in [-0.2, 0) is 27.9 Å². The van der Waals surface area contributed by atoms with Gasteiger partial charge < -0.3 is 8.98 Å². The molecule has 1 N–H and O–H groups in total. The Morgan fingerprint density at radius 1 is 0.971 bits per heavy atom. The Bertz CT molecular complexity index is 1020. The highest BCUT2D eigenvalue weighted by Gasteiger charge is 2.62. The summed E-state index contributed by atoms with van der Waals surface area (Å²) in [6, 6.07) is 4.46. The molecule has 0 aliphatic heterocycles. The Kier molecular flexibility index (Phi) is 8.55. The van der Waals surface area contributed by atoms with Crippen molar-refractivity contribution < 1.29 is 30.9 Å². The molecule has 0 radical (unpaired) electrons. The van der Waals surface area contributed by atoms with Crippen LogP contribution in [0.3, 0.4) is 0 Å². The van der Waals surface area contributed by atoms with Gasteiger partial charge in [-0.05, 0) is 68.2 Å². The first-order valence-corrected chi connectivity index (χ1v) is 15.1. The molecule has 196 valence electrons. The summed E-state index contributed by atoms with van der Waals surface area (Å²) in [7, 11) is -2.11. The van der Waals surface area contributed by atoms with Crippen LogP contribution in [0.5, 0.6) is 0 Å². The lowest BCUT2D eigenvalue weighted by Crippen LogP contribution is -2.60. The van der Waals surface area contributed by atoms with E-state index in [1.165, 1.54) is 33.0 Å². The van der Waals surface area contributed by atoms with Gasteiger partial charge in [0.15, 0.2) is 20.0 Å². The van der Waals surface area contributed by atoms with Crippen LogP contribution >= 0.6 is 0 Å². The summed E-state index contributed by atoms with van der Waals surface area (Å²) in [5.41, 5.74) is -3.82. The zero-order valence-corrected chi connectivity index (χ0v) is 23.0. The molecule has 35 heavy (non-hydrogen) atoms. The Morgan fingerprint density at radius 2 is 1.57 bits per heavy atom. The molecule has 0 bridgehead atoms. The van der Waals surface area contributed by atoms with Gasteiger partial charge in [0.25, 0.3) is 0 Å². The Balaban J connectivity index is 2.61. The molecule has 0 fully saturated rings. The number of rotatable bonds is 7. The number of benzene rings is 1. The second-order valence-electron chi connectivity index (χ2n) is 11.0. The number of nitrogens with zero attached hydrogens (tertiary/aromatic N) is 1. The van der Waals surface area contributed by atoms with Gasteiger partial charge in [-0.1, -0.05) is 32.9 Å². The second kappa shape index (κ2) is 10.1. The van der Waals surface area contributed by atoms with Crippen molar-refractivity contribution in [2.45, 2.75) is 82.7 Å². The van der Waals surface area contributed by atoms with Crippen LogP contribution in [0.25, 0.3) is 0 Å². The van der Waals surface area contributed by atoms with Crippen molar-refractivity contribution in [3.05, 3.63) is 65.0 Å². The minimum absolute atomic E-state index is 0.0561. The third-order valence-electron chi connectivity index (χ3n) is 6.19. The number of hydrogen-bond acceptors (Lipinski definition) is 4. The number of halogens is 5. The molecule has 2 aromatic rings. The molecule has 1 aromatic carbocycles. The molecule has 0 aliphatic rings. The maximum Gasteiger partial charge on any atom is 0.420 e. The minimum Gasteiger partial charge on any atom is -0.598 e. The maximum atomic E-state index is 14.8. The summed E-state index contributed by atoms with van der Waals surface area (Å²) >= 11 is -2.24. The van der Waals surface area contributed by atoms with E-state index >= 15 is 0 Å². The number of alkyl halides is 3. The molecule has 0 saturated carbocycles. The van der Waals surface area contributed by atoms with Gasteiger partial charge in [-0.15, -0.1) is 4.72 Å². The van der Waals surface area contributed by atoms with Crippen LogP contribution in [0.15, 0.2) is 36.5 Å². The van der Waals surface area contributed by atoms with Gasteiger partial charge in [0.1, 0.15) is 4.75 Å². The van der Waals surface area contributed by atoms with Crippen LogP contribution in [0.4, 0.5) is 22.0 Å². The summed E-state index contributed by atoms with van der Waals surface area (Å²) < 4.78 is 92.1. The van der Waals surface area contributed by atoms with Crippen LogP contribution < -0.4 is 4.72 Å². The standard InChI is InChI=1S/C24H33F5N2O2SSi/c1-21(2,3)34(32)31-23(24(27,28)29,17-10-11-18(25)19(26)13-17)20-12-9-16(14-30-20)15-33-35(7,8)22(4,5)6/h9-14,31H,15H2,1-8H3/t23?,34-/m1/s1. The lowest BCUT2D eigenvalue weighted by Gasteiger charge is -2.38. The monoisotopic (exact) mass is 536 g/mol. The average molecular weight is 537 g/mol. The summed E-state index contributed by atoms with van der Waals surface area (Å²) in [5.74, 6) is -2.76. The van der Waals surface area contributed by atoms with Crippen molar-refractivity contribution in [1.82, 2.24) is 9.71 Å². The molecular formula is C24H33F5N2O2SSi. The molecule has 2 rings (SSSR count). The molecule has 1 heterocycles. The fourth-order valence-electron chi connectivity index (χ4n) is 2.86. The van der Waals surface area contributed by atoms with Gasteiger partial charge in [0.2, 0.25) is 5.54 Å². The Labute approximate surface area is 208 Å². The van der Waals surface area contributed by atoms with Gasteiger partial charge in [-0.25, -0.2) is 8.78 Å².